The summed E-state index contributed by atoms with van der Waals surface area (Å²) in [6.45, 7) is 10.8. The summed E-state index contributed by atoms with van der Waals surface area (Å²) < 4.78 is 30.8. The second-order valence-corrected chi connectivity index (χ2v) is 14.1. The molecule has 12 heteroatoms. The Hall–Kier alpha value is -2.53. The van der Waals surface area contributed by atoms with Gasteiger partial charge in [-0.05, 0) is 82.5 Å². The molecule has 9 nitrogen and oxygen atoms in total. The van der Waals surface area contributed by atoms with E-state index in [1.54, 1.807) is 6.07 Å². The van der Waals surface area contributed by atoms with E-state index in [9.17, 15) is 18.0 Å². The summed E-state index contributed by atoms with van der Waals surface area (Å²) in [5.74, 6) is -0.640. The Morgan fingerprint density at radius 2 is 1.90 bits per heavy atom. The van der Waals surface area contributed by atoms with E-state index >= 15 is 0 Å². The zero-order valence-corrected chi connectivity index (χ0v) is 26.1. The molecule has 0 spiro atoms. The second kappa shape index (κ2) is 12.5. The number of amides is 2. The first-order valence-corrected chi connectivity index (χ1v) is 15.5. The number of aryl methyl sites for hydroxylation is 1. The highest BCUT2D eigenvalue weighted by molar-refractivity contribution is 7.91. The van der Waals surface area contributed by atoms with Crippen molar-refractivity contribution in [3.8, 4) is 0 Å². The number of sulfone groups is 1. The molecule has 0 aliphatic carbocycles. The van der Waals surface area contributed by atoms with Gasteiger partial charge in [0.15, 0.2) is 9.84 Å². The van der Waals surface area contributed by atoms with Crippen LogP contribution in [0.1, 0.15) is 62.0 Å². The average Bonchev–Trinajstić information content (AvgIpc) is 2.86. The van der Waals surface area contributed by atoms with Crippen molar-refractivity contribution >= 4 is 56.4 Å². The van der Waals surface area contributed by atoms with Crippen LogP contribution in [0.3, 0.4) is 0 Å². The largest absolute Gasteiger partial charge is 0.444 e. The van der Waals surface area contributed by atoms with Crippen molar-refractivity contribution in [3.63, 3.8) is 0 Å². The number of nitrogen functional groups attached to an aromatic ring is 1. The zero-order chi connectivity index (χ0) is 30.0. The minimum absolute atomic E-state index is 0.00732. The molecule has 2 aromatic carbocycles. The van der Waals surface area contributed by atoms with E-state index in [1.807, 2.05) is 27.7 Å². The van der Waals surface area contributed by atoms with Gasteiger partial charge in [0.25, 0.3) is 5.91 Å². The molecule has 3 N–H and O–H groups in total. The first kappa shape index (κ1) is 32.0. The van der Waals surface area contributed by atoms with E-state index in [0.29, 0.717) is 18.1 Å². The normalized spacial score (nSPS) is 16.4. The highest BCUT2D eigenvalue weighted by Gasteiger charge is 2.28. The molecule has 1 aliphatic heterocycles. The van der Waals surface area contributed by atoms with Gasteiger partial charge in [-0.25, -0.2) is 13.2 Å². The number of rotatable bonds is 7. The molecule has 220 valence electrons. The lowest BCUT2D eigenvalue weighted by Crippen LogP contribution is -2.48. The van der Waals surface area contributed by atoms with Crippen LogP contribution in [0, 0.1) is 6.92 Å². The number of carbonyl (C=O) groups excluding carboxylic acids is 2. The minimum atomic E-state index is -3.63. The molecule has 1 atom stereocenters. The van der Waals surface area contributed by atoms with Crippen LogP contribution in [0.2, 0.25) is 10.0 Å². The third kappa shape index (κ3) is 7.60. The van der Waals surface area contributed by atoms with Crippen molar-refractivity contribution in [3.05, 3.63) is 51.0 Å². The minimum Gasteiger partial charge on any atom is -0.444 e. The van der Waals surface area contributed by atoms with Gasteiger partial charge in [-0.2, -0.15) is 0 Å². The second-order valence-electron chi connectivity index (χ2n) is 11.0. The Morgan fingerprint density at radius 1 is 1.23 bits per heavy atom. The maximum absolute atomic E-state index is 13.6. The fourth-order valence-corrected chi connectivity index (χ4v) is 6.26. The summed E-state index contributed by atoms with van der Waals surface area (Å²) >= 11 is 12.9. The molecule has 2 amide bonds. The predicted molar refractivity (Wildman–Crippen MR) is 160 cm³/mol. The number of halogens is 2. The van der Waals surface area contributed by atoms with Crippen LogP contribution in [0.4, 0.5) is 16.2 Å². The molecule has 0 radical (unpaired) electrons. The number of benzene rings is 2. The van der Waals surface area contributed by atoms with Gasteiger partial charge in [-0.15, -0.1) is 0 Å². The number of nitrogens with one attached hydrogen (secondary N) is 1. The van der Waals surface area contributed by atoms with Crippen molar-refractivity contribution in [2.24, 2.45) is 0 Å². The van der Waals surface area contributed by atoms with Crippen LogP contribution in [0.5, 0.6) is 0 Å². The maximum atomic E-state index is 13.6. The summed E-state index contributed by atoms with van der Waals surface area (Å²) in [6, 6.07) is 5.92. The van der Waals surface area contributed by atoms with Gasteiger partial charge in [-0.3, -0.25) is 9.69 Å². The quantitative estimate of drug-likeness (QED) is 0.399. The van der Waals surface area contributed by atoms with Gasteiger partial charge in [0.1, 0.15) is 5.60 Å². The number of anilines is 2. The van der Waals surface area contributed by atoms with Gasteiger partial charge < -0.3 is 20.7 Å². The topological polar surface area (TPSA) is 122 Å². The molecule has 3 rings (SSSR count). The van der Waals surface area contributed by atoms with E-state index in [1.165, 1.54) is 37.1 Å². The number of piperidine rings is 1. The van der Waals surface area contributed by atoms with E-state index < -0.39 is 27.4 Å². The Bertz CT molecular complexity index is 1390. The van der Waals surface area contributed by atoms with Crippen molar-refractivity contribution < 1.29 is 22.7 Å². The smallest absolute Gasteiger partial charge is 0.407 e. The van der Waals surface area contributed by atoms with Crippen molar-refractivity contribution in [2.45, 2.75) is 70.5 Å². The average molecular weight is 614 g/mol. The number of alkyl carbamates (subject to hydrolysis) is 1. The number of likely N-dealkylation sites (tertiary alicyclic amines) is 1. The summed E-state index contributed by atoms with van der Waals surface area (Å²) in [5, 5.41) is 3.51. The van der Waals surface area contributed by atoms with Crippen LogP contribution in [0.25, 0.3) is 0 Å². The van der Waals surface area contributed by atoms with Gasteiger partial charge in [0.2, 0.25) is 0 Å². The Morgan fingerprint density at radius 3 is 2.52 bits per heavy atom. The van der Waals surface area contributed by atoms with E-state index in [-0.39, 0.29) is 38.7 Å². The SMILES string of the molecule is CCS(=O)(=O)c1ccc(Cl)cc1N(C)C(=O)c1cc(C)c(CN2CCC[C@@H](NC(=O)OC(C)(C)C)C2)c(Cl)c1N. The molecule has 0 bridgehead atoms. The summed E-state index contributed by atoms with van der Waals surface area (Å²) in [7, 11) is -2.15. The molecular formula is C28H38Cl2N4O5S. The number of ether oxygens (including phenoxy) is 1. The van der Waals surface area contributed by atoms with Crippen molar-refractivity contribution in [1.82, 2.24) is 10.2 Å². The lowest BCUT2D eigenvalue weighted by Gasteiger charge is -2.34. The monoisotopic (exact) mass is 612 g/mol. The molecule has 1 saturated heterocycles. The van der Waals surface area contributed by atoms with E-state index in [4.69, 9.17) is 33.7 Å². The standard InChI is InChI=1S/C28H38Cl2N4O5S/c1-7-40(37,38)23-11-10-18(29)14-22(23)33(6)26(35)20-13-17(2)21(24(30)25(20)31)16-34-12-8-9-19(15-34)32-27(36)39-28(3,4)5/h10-11,13-14,19H,7-9,12,15-16,31H2,1-6H3,(H,32,36)/t19-/m1/s1. The Kier molecular flexibility index (Phi) is 10.0. The maximum Gasteiger partial charge on any atom is 0.407 e. The van der Waals surface area contributed by atoms with Crippen LogP contribution in [0.15, 0.2) is 29.2 Å². The molecule has 1 fully saturated rings. The Labute approximate surface area is 246 Å². The highest BCUT2D eigenvalue weighted by Crippen LogP contribution is 2.35. The first-order valence-electron chi connectivity index (χ1n) is 13.1. The van der Waals surface area contributed by atoms with Crippen molar-refractivity contribution in [2.75, 3.05) is 36.5 Å². The van der Waals surface area contributed by atoms with Gasteiger partial charge in [-0.1, -0.05) is 30.1 Å². The van der Waals surface area contributed by atoms with Crippen LogP contribution >= 0.6 is 23.2 Å². The lowest BCUT2D eigenvalue weighted by molar-refractivity contribution is 0.0470. The lowest BCUT2D eigenvalue weighted by atomic mass is 9.99. The number of nitrogens with zero attached hydrogens (tertiary/aromatic N) is 2. The zero-order valence-electron chi connectivity index (χ0n) is 23.8. The number of hydrogen-bond acceptors (Lipinski definition) is 7. The molecule has 2 aromatic rings. The van der Waals surface area contributed by atoms with Crippen LogP contribution in [-0.2, 0) is 21.1 Å². The number of carbonyl (C=O) groups is 2. The van der Waals surface area contributed by atoms with E-state index in [0.717, 1.165) is 30.5 Å². The van der Waals surface area contributed by atoms with Gasteiger partial charge in [0.05, 0.1) is 32.6 Å². The molecule has 40 heavy (non-hydrogen) atoms. The third-order valence-corrected chi connectivity index (χ3v) is 9.21. The van der Waals surface area contributed by atoms with E-state index in [2.05, 4.69) is 10.2 Å². The Balaban J connectivity index is 1.83. The predicted octanol–water partition coefficient (Wildman–Crippen LogP) is 5.44. The number of hydrogen-bond donors (Lipinski definition) is 2. The molecule has 1 heterocycles. The molecule has 0 saturated carbocycles. The number of nitrogens with two attached hydrogens (primary N) is 1. The molecule has 1 aliphatic rings. The fraction of sp³-hybridized carbons (Fsp3) is 0.500. The third-order valence-electron chi connectivity index (χ3n) is 6.77. The summed E-state index contributed by atoms with van der Waals surface area (Å²) in [5.41, 5.74) is 7.80. The van der Waals surface area contributed by atoms with Gasteiger partial charge in [0, 0.05) is 31.2 Å². The summed E-state index contributed by atoms with van der Waals surface area (Å²) in [4.78, 5) is 29.2. The van der Waals surface area contributed by atoms with Gasteiger partial charge >= 0.3 is 6.09 Å². The molecule has 0 unspecified atom stereocenters. The van der Waals surface area contributed by atoms with Crippen molar-refractivity contribution in [1.29, 1.82) is 0 Å². The fourth-order valence-electron chi connectivity index (χ4n) is 4.68. The molecular weight excluding hydrogens is 575 g/mol. The summed E-state index contributed by atoms with van der Waals surface area (Å²) in [6.07, 6.45) is 1.28. The highest BCUT2D eigenvalue weighted by atomic mass is 35.5. The molecule has 0 aromatic heterocycles. The van der Waals surface area contributed by atoms with Crippen LogP contribution in [-0.4, -0.2) is 62.9 Å². The first-order chi connectivity index (χ1) is 18.5. The van der Waals surface area contributed by atoms with Crippen LogP contribution < -0.4 is 16.0 Å².